The van der Waals surface area contributed by atoms with Crippen LogP contribution in [0.5, 0.6) is 0 Å². The second-order valence-corrected chi connectivity index (χ2v) is 7.78. The standard InChI is InChI=1S/C21H42O4/c1-8-20(23)14-25-19(6)18(5)21(24-7)16(3)13-15(2)11-9-10-12-17(4)22/h15-18,20-23H,6,8-14H2,1-5,7H3/t15?,16?,17-,18?,20?,21?/m0/s1. The van der Waals surface area contributed by atoms with Crippen molar-refractivity contribution in [3.8, 4) is 0 Å². The maximum atomic E-state index is 9.64. The van der Waals surface area contributed by atoms with Gasteiger partial charge in [0.1, 0.15) is 6.61 Å². The van der Waals surface area contributed by atoms with E-state index in [2.05, 4.69) is 27.4 Å². The van der Waals surface area contributed by atoms with Gasteiger partial charge in [0.05, 0.1) is 24.1 Å². The molecule has 0 rings (SSSR count). The van der Waals surface area contributed by atoms with E-state index in [1.54, 1.807) is 7.11 Å². The number of hydrogen-bond acceptors (Lipinski definition) is 4. The summed E-state index contributed by atoms with van der Waals surface area (Å²) in [5.74, 6) is 1.82. The lowest BCUT2D eigenvalue weighted by Crippen LogP contribution is -2.31. The van der Waals surface area contributed by atoms with Crippen molar-refractivity contribution in [3.63, 3.8) is 0 Å². The van der Waals surface area contributed by atoms with Crippen LogP contribution in [-0.2, 0) is 9.47 Å². The monoisotopic (exact) mass is 358 g/mol. The molecule has 4 nitrogen and oxygen atoms in total. The summed E-state index contributed by atoms with van der Waals surface area (Å²) in [5, 5.41) is 19.0. The first-order chi connectivity index (χ1) is 11.7. The SMILES string of the molecule is C=C(OCC(O)CC)C(C)C(OC)C(C)CC(C)CCCC[C@H](C)O. The minimum atomic E-state index is -0.441. The Morgan fingerprint density at radius 3 is 2.16 bits per heavy atom. The van der Waals surface area contributed by atoms with Crippen LogP contribution < -0.4 is 0 Å². The first kappa shape index (κ1) is 24.4. The summed E-state index contributed by atoms with van der Waals surface area (Å²) >= 11 is 0. The van der Waals surface area contributed by atoms with Crippen LogP contribution in [0.3, 0.4) is 0 Å². The van der Waals surface area contributed by atoms with Crippen molar-refractivity contribution in [1.29, 1.82) is 0 Å². The molecule has 0 saturated carbocycles. The topological polar surface area (TPSA) is 58.9 Å². The average molecular weight is 359 g/mol. The molecule has 25 heavy (non-hydrogen) atoms. The average Bonchev–Trinajstić information content (AvgIpc) is 2.56. The number of methoxy groups -OCH3 is 1. The molecular weight excluding hydrogens is 316 g/mol. The molecule has 0 aromatic heterocycles. The second kappa shape index (κ2) is 13.6. The third-order valence-electron chi connectivity index (χ3n) is 5.11. The van der Waals surface area contributed by atoms with E-state index in [9.17, 15) is 10.2 Å². The highest BCUT2D eigenvalue weighted by Crippen LogP contribution is 2.29. The number of unbranched alkanes of at least 4 members (excludes halogenated alkanes) is 1. The van der Waals surface area contributed by atoms with Gasteiger partial charge in [-0.15, -0.1) is 0 Å². The third-order valence-corrected chi connectivity index (χ3v) is 5.11. The Morgan fingerprint density at radius 1 is 1.04 bits per heavy atom. The zero-order valence-electron chi connectivity index (χ0n) is 17.3. The van der Waals surface area contributed by atoms with E-state index < -0.39 is 6.10 Å². The van der Waals surface area contributed by atoms with Gasteiger partial charge in [0.15, 0.2) is 0 Å². The lowest BCUT2D eigenvalue weighted by Gasteiger charge is -2.31. The van der Waals surface area contributed by atoms with Gasteiger partial charge in [-0.25, -0.2) is 0 Å². The van der Waals surface area contributed by atoms with Gasteiger partial charge in [-0.3, -0.25) is 0 Å². The van der Waals surface area contributed by atoms with Crippen molar-refractivity contribution < 1.29 is 19.7 Å². The smallest absolute Gasteiger partial charge is 0.114 e. The zero-order valence-corrected chi connectivity index (χ0v) is 17.3. The molecule has 5 unspecified atom stereocenters. The number of aliphatic hydroxyl groups excluding tert-OH is 2. The fraction of sp³-hybridized carbons (Fsp3) is 0.905. The molecule has 0 aromatic carbocycles. The molecule has 0 saturated heterocycles. The highest BCUT2D eigenvalue weighted by molar-refractivity contribution is 4.95. The summed E-state index contributed by atoms with van der Waals surface area (Å²) < 4.78 is 11.4. The minimum Gasteiger partial charge on any atom is -0.495 e. The molecule has 0 amide bonds. The van der Waals surface area contributed by atoms with Crippen molar-refractivity contribution in [1.82, 2.24) is 0 Å². The van der Waals surface area contributed by atoms with E-state index in [0.717, 1.165) is 25.7 Å². The van der Waals surface area contributed by atoms with Crippen LogP contribution in [-0.4, -0.2) is 42.2 Å². The summed E-state index contributed by atoms with van der Waals surface area (Å²) in [4.78, 5) is 0. The third kappa shape index (κ3) is 10.9. The molecule has 0 radical (unpaired) electrons. The van der Waals surface area contributed by atoms with Gasteiger partial charge >= 0.3 is 0 Å². The zero-order chi connectivity index (χ0) is 19.4. The normalized spacial score (nSPS) is 18.9. The van der Waals surface area contributed by atoms with Gasteiger partial charge in [-0.1, -0.05) is 53.5 Å². The van der Waals surface area contributed by atoms with Gasteiger partial charge in [-0.05, 0) is 38.0 Å². The molecule has 6 atom stereocenters. The molecule has 0 spiro atoms. The van der Waals surface area contributed by atoms with Crippen molar-refractivity contribution in [2.45, 2.75) is 91.5 Å². The van der Waals surface area contributed by atoms with Crippen molar-refractivity contribution in [2.24, 2.45) is 17.8 Å². The van der Waals surface area contributed by atoms with Crippen LogP contribution in [0.1, 0.15) is 73.1 Å². The van der Waals surface area contributed by atoms with Gasteiger partial charge in [-0.2, -0.15) is 0 Å². The van der Waals surface area contributed by atoms with Crippen LogP contribution in [0.4, 0.5) is 0 Å². The van der Waals surface area contributed by atoms with Gasteiger partial charge in [0, 0.05) is 13.0 Å². The number of rotatable bonds is 15. The maximum absolute atomic E-state index is 9.64. The summed E-state index contributed by atoms with van der Waals surface area (Å²) in [7, 11) is 1.75. The quantitative estimate of drug-likeness (QED) is 0.333. The lowest BCUT2D eigenvalue weighted by atomic mass is 9.84. The molecule has 2 N–H and O–H groups in total. The van der Waals surface area contributed by atoms with Crippen molar-refractivity contribution in [3.05, 3.63) is 12.3 Å². The fourth-order valence-electron chi connectivity index (χ4n) is 3.38. The summed E-state index contributed by atoms with van der Waals surface area (Å²) in [5.41, 5.74) is 0. The Balaban J connectivity index is 4.33. The van der Waals surface area contributed by atoms with Crippen LogP contribution in [0.15, 0.2) is 12.3 Å². The van der Waals surface area contributed by atoms with Crippen LogP contribution in [0, 0.1) is 17.8 Å². The van der Waals surface area contributed by atoms with E-state index in [1.807, 2.05) is 13.8 Å². The molecular formula is C21H42O4. The number of ether oxygens (including phenoxy) is 2. The molecule has 0 aliphatic carbocycles. The molecule has 0 bridgehead atoms. The van der Waals surface area contributed by atoms with E-state index in [4.69, 9.17) is 9.47 Å². The highest BCUT2D eigenvalue weighted by atomic mass is 16.5. The molecule has 0 fully saturated rings. The van der Waals surface area contributed by atoms with Gasteiger partial charge in [0.2, 0.25) is 0 Å². The molecule has 150 valence electrons. The summed E-state index contributed by atoms with van der Waals surface area (Å²) in [6, 6.07) is 0. The van der Waals surface area contributed by atoms with Gasteiger partial charge in [0.25, 0.3) is 0 Å². The summed E-state index contributed by atoms with van der Waals surface area (Å²) in [6.45, 7) is 14.7. The van der Waals surface area contributed by atoms with E-state index in [1.165, 1.54) is 6.42 Å². The largest absolute Gasteiger partial charge is 0.495 e. The molecule has 0 aliphatic rings. The Hall–Kier alpha value is -0.580. The predicted molar refractivity (Wildman–Crippen MR) is 104 cm³/mol. The Kier molecular flexibility index (Phi) is 13.3. The number of hydrogen-bond donors (Lipinski definition) is 2. The van der Waals surface area contributed by atoms with Crippen molar-refractivity contribution in [2.75, 3.05) is 13.7 Å². The molecule has 4 heteroatoms. The lowest BCUT2D eigenvalue weighted by molar-refractivity contribution is -0.00886. The van der Waals surface area contributed by atoms with Crippen LogP contribution in [0.2, 0.25) is 0 Å². The fourth-order valence-corrected chi connectivity index (χ4v) is 3.38. The first-order valence-corrected chi connectivity index (χ1v) is 9.93. The van der Waals surface area contributed by atoms with Crippen molar-refractivity contribution >= 4 is 0 Å². The maximum Gasteiger partial charge on any atom is 0.114 e. The van der Waals surface area contributed by atoms with Crippen LogP contribution in [0.25, 0.3) is 0 Å². The molecule has 0 aliphatic heterocycles. The van der Waals surface area contributed by atoms with E-state index >= 15 is 0 Å². The summed E-state index contributed by atoms with van der Waals surface area (Å²) in [6.07, 6.45) is 5.53. The molecule has 0 heterocycles. The van der Waals surface area contributed by atoms with Crippen LogP contribution >= 0.6 is 0 Å². The Labute approximate surface area is 155 Å². The number of aliphatic hydroxyl groups is 2. The Morgan fingerprint density at radius 2 is 1.64 bits per heavy atom. The first-order valence-electron chi connectivity index (χ1n) is 9.93. The molecule has 0 aromatic rings. The van der Waals surface area contributed by atoms with E-state index in [0.29, 0.717) is 30.6 Å². The highest BCUT2D eigenvalue weighted by Gasteiger charge is 2.27. The van der Waals surface area contributed by atoms with E-state index in [-0.39, 0.29) is 18.1 Å². The second-order valence-electron chi connectivity index (χ2n) is 7.78. The van der Waals surface area contributed by atoms with Gasteiger partial charge < -0.3 is 19.7 Å². The Bertz CT molecular complexity index is 343. The predicted octanol–water partition coefficient (Wildman–Crippen LogP) is 4.54. The minimum absolute atomic E-state index is 0.0613.